The van der Waals surface area contributed by atoms with Gasteiger partial charge < -0.3 is 4.98 Å². The highest BCUT2D eigenvalue weighted by Crippen LogP contribution is 2.40. The largest absolute Gasteiger partial charge is 0.432 e. The van der Waals surface area contributed by atoms with Crippen molar-refractivity contribution in [2.45, 2.75) is 6.18 Å². The van der Waals surface area contributed by atoms with Gasteiger partial charge in [0.05, 0.1) is 15.7 Å². The van der Waals surface area contributed by atoms with E-state index in [0.717, 1.165) is 6.07 Å². The first-order chi connectivity index (χ1) is 8.86. The minimum Gasteiger partial charge on any atom is -0.349 e. The Labute approximate surface area is 113 Å². The molecule has 2 rings (SSSR count). The zero-order chi connectivity index (χ0) is 14.2. The number of aromatic nitrogens is 1. The summed E-state index contributed by atoms with van der Waals surface area (Å²) in [5.74, 6) is -0.707. The molecule has 0 saturated carbocycles. The molecule has 0 spiro atoms. The Bertz CT molecular complexity index is 667. The Morgan fingerprint density at radius 1 is 1.21 bits per heavy atom. The second kappa shape index (κ2) is 4.70. The van der Waals surface area contributed by atoms with E-state index in [1.165, 1.54) is 18.2 Å². The minimum atomic E-state index is -4.66. The van der Waals surface area contributed by atoms with Gasteiger partial charge in [-0.05, 0) is 28.1 Å². The summed E-state index contributed by atoms with van der Waals surface area (Å²) in [6.07, 6.45) is -4.66. The van der Waals surface area contributed by atoms with E-state index < -0.39 is 22.2 Å². The lowest BCUT2D eigenvalue weighted by Gasteiger charge is -2.04. The number of hydrogen-bond donors (Lipinski definition) is 1. The lowest BCUT2D eigenvalue weighted by molar-refractivity contribution is -0.141. The van der Waals surface area contributed by atoms with E-state index >= 15 is 0 Å². The normalized spacial score (nSPS) is 11.4. The number of alkyl halides is 3. The number of rotatable bonds is 1. The molecule has 0 aliphatic heterocycles. The molecule has 0 saturated heterocycles. The maximum atomic E-state index is 13.6. The van der Waals surface area contributed by atoms with Crippen LogP contribution in [0.3, 0.4) is 0 Å². The SMILES string of the molecule is N#Cc1c(-c2ccccc2F)[nH]c(C(F)(F)F)c1Br. The summed E-state index contributed by atoms with van der Waals surface area (Å²) in [6.45, 7) is 0. The van der Waals surface area contributed by atoms with Crippen molar-refractivity contribution < 1.29 is 17.6 Å². The van der Waals surface area contributed by atoms with Crippen molar-refractivity contribution in [3.8, 4) is 17.3 Å². The van der Waals surface area contributed by atoms with Crippen LogP contribution in [-0.4, -0.2) is 4.98 Å². The first-order valence-electron chi connectivity index (χ1n) is 5.00. The number of nitriles is 1. The van der Waals surface area contributed by atoms with Crippen LogP contribution in [0.4, 0.5) is 17.6 Å². The van der Waals surface area contributed by atoms with Crippen LogP contribution in [0.2, 0.25) is 0 Å². The van der Waals surface area contributed by atoms with E-state index in [1.807, 2.05) is 0 Å². The van der Waals surface area contributed by atoms with Gasteiger partial charge in [-0.3, -0.25) is 0 Å². The molecule has 98 valence electrons. The Morgan fingerprint density at radius 3 is 2.37 bits per heavy atom. The predicted octanol–water partition coefficient (Wildman–Crippen LogP) is 4.47. The smallest absolute Gasteiger partial charge is 0.349 e. The summed E-state index contributed by atoms with van der Waals surface area (Å²) < 4.78 is 51.4. The van der Waals surface area contributed by atoms with E-state index in [4.69, 9.17) is 5.26 Å². The van der Waals surface area contributed by atoms with E-state index in [9.17, 15) is 17.6 Å². The van der Waals surface area contributed by atoms with E-state index in [2.05, 4.69) is 20.9 Å². The van der Waals surface area contributed by atoms with Crippen molar-refractivity contribution in [1.29, 1.82) is 5.26 Å². The molecule has 19 heavy (non-hydrogen) atoms. The molecule has 0 aliphatic carbocycles. The summed E-state index contributed by atoms with van der Waals surface area (Å²) in [4.78, 5) is 2.06. The zero-order valence-electron chi connectivity index (χ0n) is 9.15. The van der Waals surface area contributed by atoms with Crippen molar-refractivity contribution in [3.63, 3.8) is 0 Å². The van der Waals surface area contributed by atoms with Gasteiger partial charge in [-0.1, -0.05) is 12.1 Å². The molecule has 0 bridgehead atoms. The summed E-state index contributed by atoms with van der Waals surface area (Å²) in [7, 11) is 0. The number of aromatic amines is 1. The molecule has 0 aliphatic rings. The molecule has 0 radical (unpaired) electrons. The van der Waals surface area contributed by atoms with E-state index in [-0.39, 0.29) is 16.8 Å². The monoisotopic (exact) mass is 332 g/mol. The molecular formula is C12H5BrF4N2. The maximum absolute atomic E-state index is 13.6. The third-order valence-electron chi connectivity index (χ3n) is 2.48. The summed E-state index contributed by atoms with van der Waals surface area (Å²) in [5.41, 5.74) is -1.67. The van der Waals surface area contributed by atoms with Crippen molar-refractivity contribution in [2.24, 2.45) is 0 Å². The fourth-order valence-electron chi connectivity index (χ4n) is 1.64. The zero-order valence-corrected chi connectivity index (χ0v) is 10.7. The fraction of sp³-hybridized carbons (Fsp3) is 0.0833. The summed E-state index contributed by atoms with van der Waals surface area (Å²) in [5, 5.41) is 8.94. The van der Waals surface area contributed by atoms with Crippen molar-refractivity contribution >= 4 is 15.9 Å². The highest BCUT2D eigenvalue weighted by molar-refractivity contribution is 9.10. The number of H-pyrrole nitrogens is 1. The minimum absolute atomic E-state index is 0.0877. The van der Waals surface area contributed by atoms with Gasteiger partial charge in [0, 0.05) is 5.56 Å². The molecule has 1 heterocycles. The second-order valence-corrected chi connectivity index (χ2v) is 4.45. The van der Waals surface area contributed by atoms with E-state index in [0.29, 0.717) is 0 Å². The van der Waals surface area contributed by atoms with Crippen LogP contribution in [0.1, 0.15) is 11.3 Å². The van der Waals surface area contributed by atoms with Gasteiger partial charge in [-0.15, -0.1) is 0 Å². The molecule has 2 nitrogen and oxygen atoms in total. The Hall–Kier alpha value is -1.81. The first-order valence-corrected chi connectivity index (χ1v) is 5.79. The Balaban J connectivity index is 2.73. The second-order valence-electron chi connectivity index (χ2n) is 3.65. The van der Waals surface area contributed by atoms with Crippen LogP contribution >= 0.6 is 15.9 Å². The van der Waals surface area contributed by atoms with Crippen LogP contribution in [-0.2, 0) is 6.18 Å². The van der Waals surface area contributed by atoms with Crippen LogP contribution in [0.25, 0.3) is 11.3 Å². The molecule has 0 unspecified atom stereocenters. The predicted molar refractivity (Wildman–Crippen MR) is 63.6 cm³/mol. The lowest BCUT2D eigenvalue weighted by atomic mass is 10.1. The molecule has 1 aromatic heterocycles. The number of hydrogen-bond acceptors (Lipinski definition) is 1. The standard InChI is InChI=1S/C12H5BrF4N2/c13-9-7(5-18)10(19-11(9)12(15,16)17)6-3-1-2-4-8(6)14/h1-4,19H. The van der Waals surface area contributed by atoms with E-state index in [1.54, 1.807) is 6.07 Å². The van der Waals surface area contributed by atoms with Gasteiger partial charge in [-0.2, -0.15) is 18.4 Å². The van der Waals surface area contributed by atoms with Gasteiger partial charge in [0.1, 0.15) is 17.6 Å². The average Bonchev–Trinajstić information content (AvgIpc) is 2.66. The molecule has 0 amide bonds. The Kier molecular flexibility index (Phi) is 3.37. The Morgan fingerprint density at radius 2 is 1.84 bits per heavy atom. The lowest BCUT2D eigenvalue weighted by Crippen LogP contribution is -2.06. The molecule has 2 aromatic rings. The third-order valence-corrected chi connectivity index (χ3v) is 3.27. The van der Waals surface area contributed by atoms with Gasteiger partial charge >= 0.3 is 6.18 Å². The molecule has 0 fully saturated rings. The molecular weight excluding hydrogens is 328 g/mol. The summed E-state index contributed by atoms with van der Waals surface area (Å²) in [6, 6.07) is 6.93. The van der Waals surface area contributed by atoms with Crippen molar-refractivity contribution in [3.05, 3.63) is 45.8 Å². The molecule has 0 atom stereocenters. The topological polar surface area (TPSA) is 39.6 Å². The van der Waals surface area contributed by atoms with Crippen LogP contribution in [0.15, 0.2) is 28.7 Å². The van der Waals surface area contributed by atoms with Gasteiger partial charge in [0.25, 0.3) is 0 Å². The fourth-order valence-corrected chi connectivity index (χ4v) is 2.25. The summed E-state index contributed by atoms with van der Waals surface area (Å²) >= 11 is 2.72. The third kappa shape index (κ3) is 2.36. The van der Waals surface area contributed by atoms with Gasteiger partial charge in [-0.25, -0.2) is 4.39 Å². The van der Waals surface area contributed by atoms with Crippen LogP contribution in [0, 0.1) is 17.1 Å². The number of nitrogens with one attached hydrogen (secondary N) is 1. The molecule has 1 N–H and O–H groups in total. The quantitative estimate of drug-likeness (QED) is 0.768. The number of benzene rings is 1. The number of nitrogens with zero attached hydrogens (tertiary/aromatic N) is 1. The van der Waals surface area contributed by atoms with Crippen LogP contribution < -0.4 is 0 Å². The maximum Gasteiger partial charge on any atom is 0.432 e. The highest BCUT2D eigenvalue weighted by atomic mass is 79.9. The highest BCUT2D eigenvalue weighted by Gasteiger charge is 2.37. The molecule has 1 aromatic carbocycles. The van der Waals surface area contributed by atoms with Crippen molar-refractivity contribution in [1.82, 2.24) is 4.98 Å². The molecule has 7 heteroatoms. The average molecular weight is 333 g/mol. The van der Waals surface area contributed by atoms with Gasteiger partial charge in [0.2, 0.25) is 0 Å². The first kappa shape index (κ1) is 13.6. The van der Waals surface area contributed by atoms with Gasteiger partial charge in [0.15, 0.2) is 0 Å². The van der Waals surface area contributed by atoms with Crippen molar-refractivity contribution in [2.75, 3.05) is 0 Å². The van der Waals surface area contributed by atoms with Crippen LogP contribution in [0.5, 0.6) is 0 Å². The number of halogens is 5.